The highest BCUT2D eigenvalue weighted by Crippen LogP contribution is 2.18. The predicted octanol–water partition coefficient (Wildman–Crippen LogP) is 2.95. The summed E-state index contributed by atoms with van der Waals surface area (Å²) in [6, 6.07) is 13.6. The van der Waals surface area contributed by atoms with Crippen molar-refractivity contribution in [3.8, 4) is 0 Å². The highest BCUT2D eigenvalue weighted by atomic mass is 32.2. The van der Waals surface area contributed by atoms with Crippen molar-refractivity contribution in [2.24, 2.45) is 0 Å². The maximum atomic E-state index is 12.5. The molecule has 1 unspecified atom stereocenters. The van der Waals surface area contributed by atoms with Crippen molar-refractivity contribution in [3.05, 3.63) is 77.9 Å². The minimum absolute atomic E-state index is 0.0468. The summed E-state index contributed by atoms with van der Waals surface area (Å²) in [5.41, 5.74) is 2.40. The fourth-order valence-electron chi connectivity index (χ4n) is 2.49. The van der Waals surface area contributed by atoms with Gasteiger partial charge in [0.1, 0.15) is 0 Å². The molecule has 2 aromatic carbocycles. The van der Waals surface area contributed by atoms with E-state index in [1.807, 2.05) is 38.1 Å². The fourth-order valence-corrected chi connectivity index (χ4v) is 3.53. The van der Waals surface area contributed by atoms with E-state index in [-0.39, 0.29) is 23.4 Å². The molecule has 0 saturated carbocycles. The molecule has 1 atom stereocenters. The number of aryl methyl sites for hydroxylation is 1. The summed E-state index contributed by atoms with van der Waals surface area (Å²) in [7, 11) is -3.67. The molecule has 0 aliphatic heterocycles. The van der Waals surface area contributed by atoms with Gasteiger partial charge in [-0.1, -0.05) is 36.4 Å². The number of benzene rings is 2. The predicted molar refractivity (Wildman–Crippen MR) is 98.9 cm³/mol. The maximum absolute atomic E-state index is 12.5. The van der Waals surface area contributed by atoms with E-state index in [0.29, 0.717) is 5.56 Å². The number of amides is 1. The van der Waals surface area contributed by atoms with Gasteiger partial charge in [-0.05, 0) is 43.2 Å². The van der Waals surface area contributed by atoms with Crippen LogP contribution in [0, 0.1) is 6.92 Å². The Balaban J connectivity index is 2.19. The molecule has 2 aromatic rings. The molecule has 5 nitrogen and oxygen atoms in total. The standard InChI is InChI=1S/C19H22N2O3S/c1-4-12-20-25(23,24)17-10-7-9-16(13-17)19(22)21-15(3)18-11-6-5-8-14(18)2/h4-11,13,15,20H,1,12H2,2-3H3,(H,21,22). The average molecular weight is 358 g/mol. The van der Waals surface area contributed by atoms with Crippen molar-refractivity contribution < 1.29 is 13.2 Å². The summed E-state index contributed by atoms with van der Waals surface area (Å²) in [5, 5.41) is 2.90. The van der Waals surface area contributed by atoms with Crippen LogP contribution in [0.5, 0.6) is 0 Å². The molecule has 1 amide bonds. The molecule has 0 aliphatic rings. The molecule has 2 N–H and O–H groups in total. The van der Waals surface area contributed by atoms with Crippen molar-refractivity contribution in [2.45, 2.75) is 24.8 Å². The van der Waals surface area contributed by atoms with E-state index in [1.54, 1.807) is 12.1 Å². The molecule has 132 valence electrons. The van der Waals surface area contributed by atoms with Crippen LogP contribution in [0.15, 0.2) is 66.1 Å². The van der Waals surface area contributed by atoms with Gasteiger partial charge in [0.25, 0.3) is 5.91 Å². The van der Waals surface area contributed by atoms with Crippen LogP contribution in [-0.2, 0) is 10.0 Å². The molecular formula is C19H22N2O3S. The largest absolute Gasteiger partial charge is 0.346 e. The number of nitrogens with one attached hydrogen (secondary N) is 2. The van der Waals surface area contributed by atoms with Crippen LogP contribution in [0.3, 0.4) is 0 Å². The first-order valence-corrected chi connectivity index (χ1v) is 9.40. The van der Waals surface area contributed by atoms with E-state index in [0.717, 1.165) is 11.1 Å². The molecule has 0 fully saturated rings. The smallest absolute Gasteiger partial charge is 0.251 e. The van der Waals surface area contributed by atoms with Crippen LogP contribution >= 0.6 is 0 Å². The van der Waals surface area contributed by atoms with Crippen molar-refractivity contribution in [3.63, 3.8) is 0 Å². The number of sulfonamides is 1. The van der Waals surface area contributed by atoms with Crippen LogP contribution in [-0.4, -0.2) is 20.9 Å². The lowest BCUT2D eigenvalue weighted by molar-refractivity contribution is 0.0939. The Labute approximate surface area is 148 Å². The van der Waals surface area contributed by atoms with E-state index >= 15 is 0 Å². The first-order chi connectivity index (χ1) is 11.8. The lowest BCUT2D eigenvalue weighted by Gasteiger charge is -2.17. The van der Waals surface area contributed by atoms with Gasteiger partial charge in [-0.15, -0.1) is 6.58 Å². The summed E-state index contributed by atoms with van der Waals surface area (Å²) in [4.78, 5) is 12.5. The third-order valence-corrected chi connectivity index (χ3v) is 5.25. The van der Waals surface area contributed by atoms with Crippen LogP contribution in [0.1, 0.15) is 34.5 Å². The molecule has 0 radical (unpaired) electrons. The molecule has 2 rings (SSSR count). The Morgan fingerprint density at radius 3 is 2.60 bits per heavy atom. The van der Waals surface area contributed by atoms with Gasteiger partial charge in [-0.2, -0.15) is 0 Å². The van der Waals surface area contributed by atoms with Crippen molar-refractivity contribution in [1.82, 2.24) is 10.0 Å². The molecule has 6 heteroatoms. The van der Waals surface area contributed by atoms with Gasteiger partial charge in [-0.25, -0.2) is 13.1 Å². The molecule has 25 heavy (non-hydrogen) atoms. The van der Waals surface area contributed by atoms with Crippen LogP contribution in [0.4, 0.5) is 0 Å². The van der Waals surface area contributed by atoms with E-state index < -0.39 is 10.0 Å². The zero-order valence-electron chi connectivity index (χ0n) is 14.3. The van der Waals surface area contributed by atoms with Gasteiger partial charge < -0.3 is 5.32 Å². The van der Waals surface area contributed by atoms with Crippen LogP contribution in [0.25, 0.3) is 0 Å². The summed E-state index contributed by atoms with van der Waals surface area (Å²) in [5.74, 6) is -0.323. The second-order valence-electron chi connectivity index (χ2n) is 5.72. The highest BCUT2D eigenvalue weighted by Gasteiger charge is 2.17. The Kier molecular flexibility index (Phi) is 6.12. The summed E-state index contributed by atoms with van der Waals surface area (Å²) in [6.45, 7) is 7.49. The zero-order valence-corrected chi connectivity index (χ0v) is 15.1. The molecule has 0 aliphatic carbocycles. The monoisotopic (exact) mass is 358 g/mol. The first kappa shape index (κ1) is 18.9. The van der Waals surface area contributed by atoms with Crippen molar-refractivity contribution in [1.29, 1.82) is 0 Å². The Hall–Kier alpha value is -2.44. The third kappa shape index (κ3) is 4.78. The Morgan fingerprint density at radius 1 is 1.20 bits per heavy atom. The maximum Gasteiger partial charge on any atom is 0.251 e. The van der Waals surface area contributed by atoms with E-state index in [1.165, 1.54) is 18.2 Å². The SMILES string of the molecule is C=CCNS(=O)(=O)c1cccc(C(=O)NC(C)c2ccccc2C)c1. The van der Waals surface area contributed by atoms with Gasteiger partial charge in [0, 0.05) is 12.1 Å². The van der Waals surface area contributed by atoms with Gasteiger partial charge in [0.05, 0.1) is 10.9 Å². The minimum atomic E-state index is -3.67. The molecule has 0 spiro atoms. The Morgan fingerprint density at radius 2 is 1.92 bits per heavy atom. The van der Waals surface area contributed by atoms with E-state index in [4.69, 9.17) is 0 Å². The minimum Gasteiger partial charge on any atom is -0.346 e. The quantitative estimate of drug-likeness (QED) is 0.747. The molecule has 0 saturated heterocycles. The number of hydrogen-bond donors (Lipinski definition) is 2. The van der Waals surface area contributed by atoms with Crippen LogP contribution in [0.2, 0.25) is 0 Å². The van der Waals surface area contributed by atoms with Gasteiger partial charge in [0.2, 0.25) is 10.0 Å². The van der Waals surface area contributed by atoms with Crippen LogP contribution < -0.4 is 10.0 Å². The number of carbonyl (C=O) groups is 1. The number of hydrogen-bond acceptors (Lipinski definition) is 3. The number of carbonyl (C=O) groups excluding carboxylic acids is 1. The topological polar surface area (TPSA) is 75.3 Å². The molecular weight excluding hydrogens is 336 g/mol. The second-order valence-corrected chi connectivity index (χ2v) is 7.49. The fraction of sp³-hybridized carbons (Fsp3) is 0.211. The molecule has 0 heterocycles. The highest BCUT2D eigenvalue weighted by molar-refractivity contribution is 7.89. The lowest BCUT2D eigenvalue weighted by atomic mass is 10.0. The zero-order chi connectivity index (χ0) is 18.4. The lowest BCUT2D eigenvalue weighted by Crippen LogP contribution is -2.28. The first-order valence-electron chi connectivity index (χ1n) is 7.92. The summed E-state index contributed by atoms with van der Waals surface area (Å²) < 4.78 is 26.7. The van der Waals surface area contributed by atoms with Gasteiger partial charge >= 0.3 is 0 Å². The Bertz CT molecular complexity index is 876. The number of rotatable bonds is 7. The molecule has 0 aromatic heterocycles. The normalized spacial score (nSPS) is 12.4. The summed E-state index contributed by atoms with van der Waals surface area (Å²) in [6.07, 6.45) is 1.46. The molecule has 0 bridgehead atoms. The summed E-state index contributed by atoms with van der Waals surface area (Å²) >= 11 is 0. The van der Waals surface area contributed by atoms with Crippen molar-refractivity contribution >= 4 is 15.9 Å². The van der Waals surface area contributed by atoms with Gasteiger partial charge in [-0.3, -0.25) is 4.79 Å². The average Bonchev–Trinajstić information content (AvgIpc) is 2.60. The van der Waals surface area contributed by atoms with E-state index in [9.17, 15) is 13.2 Å². The third-order valence-electron chi connectivity index (χ3n) is 3.83. The van der Waals surface area contributed by atoms with Crippen molar-refractivity contribution in [2.75, 3.05) is 6.54 Å². The van der Waals surface area contributed by atoms with Gasteiger partial charge in [0.15, 0.2) is 0 Å². The van der Waals surface area contributed by atoms with E-state index in [2.05, 4.69) is 16.6 Å². The second kappa shape index (κ2) is 8.09.